The molecule has 0 aliphatic carbocycles. The first-order valence-electron chi connectivity index (χ1n) is 2.71. The lowest BCUT2D eigenvalue weighted by Crippen LogP contribution is -1.81. The fourth-order valence-electron chi connectivity index (χ4n) is 0.519. The molecule has 1 aromatic rings. The highest BCUT2D eigenvalue weighted by Gasteiger charge is 1.88. The summed E-state index contributed by atoms with van der Waals surface area (Å²) < 4.78 is 0. The molecular formula is C7H8N2. The molecule has 2 nitrogen and oxygen atoms in total. The molecular weight excluding hydrogens is 112 g/mol. The van der Waals surface area contributed by atoms with Gasteiger partial charge in [-0.05, 0) is 12.5 Å². The third-order valence-electron chi connectivity index (χ3n) is 1.05. The van der Waals surface area contributed by atoms with Gasteiger partial charge in [0.2, 0.25) is 0 Å². The van der Waals surface area contributed by atoms with Gasteiger partial charge in [0.25, 0.3) is 0 Å². The lowest BCUT2D eigenvalue weighted by molar-refractivity contribution is 1.15. The molecule has 9 heavy (non-hydrogen) atoms. The highest BCUT2D eigenvalue weighted by molar-refractivity contribution is 5.59. The van der Waals surface area contributed by atoms with Crippen molar-refractivity contribution in [1.29, 1.82) is 0 Å². The molecule has 0 unspecified atom stereocenters. The molecule has 0 aliphatic heterocycles. The van der Waals surface area contributed by atoms with Gasteiger partial charge in [-0.1, -0.05) is 6.58 Å². The maximum absolute atomic E-state index is 3.83. The van der Waals surface area contributed by atoms with Crippen LogP contribution in [-0.2, 0) is 0 Å². The van der Waals surface area contributed by atoms with Crippen LogP contribution in [0, 0.1) is 0 Å². The molecule has 0 spiro atoms. The number of hydrogen-bond acceptors (Lipinski definition) is 2. The Morgan fingerprint density at radius 3 is 2.33 bits per heavy atom. The Labute approximate surface area is 54.3 Å². The highest BCUT2D eigenvalue weighted by atomic mass is 14.8. The second-order valence-electron chi connectivity index (χ2n) is 1.91. The van der Waals surface area contributed by atoms with Crippen LogP contribution in [0.5, 0.6) is 0 Å². The first-order chi connectivity index (χ1) is 4.30. The van der Waals surface area contributed by atoms with Gasteiger partial charge in [0.1, 0.15) is 6.33 Å². The van der Waals surface area contributed by atoms with Crippen molar-refractivity contribution in [3.05, 3.63) is 30.9 Å². The Morgan fingerprint density at radius 2 is 2.00 bits per heavy atom. The van der Waals surface area contributed by atoms with E-state index in [1.54, 1.807) is 12.4 Å². The topological polar surface area (TPSA) is 25.8 Å². The van der Waals surface area contributed by atoms with E-state index in [0.29, 0.717) is 0 Å². The molecule has 1 rings (SSSR count). The molecule has 0 radical (unpaired) electrons. The summed E-state index contributed by atoms with van der Waals surface area (Å²) in [4.78, 5) is 7.67. The minimum atomic E-state index is 0.996. The van der Waals surface area contributed by atoms with Crippen LogP contribution in [0.1, 0.15) is 12.5 Å². The zero-order valence-electron chi connectivity index (χ0n) is 5.33. The standard InChI is InChI=1S/C7H8N2/c1-6(2)7-3-8-5-9-4-7/h3-5H,1H2,2H3. The van der Waals surface area contributed by atoms with Crippen LogP contribution in [-0.4, -0.2) is 9.97 Å². The van der Waals surface area contributed by atoms with Gasteiger partial charge in [-0.15, -0.1) is 0 Å². The van der Waals surface area contributed by atoms with Crippen LogP contribution in [0.2, 0.25) is 0 Å². The van der Waals surface area contributed by atoms with Gasteiger partial charge in [-0.25, -0.2) is 9.97 Å². The SMILES string of the molecule is C=C(C)c1cncnc1. The Morgan fingerprint density at radius 1 is 1.44 bits per heavy atom. The van der Waals surface area contributed by atoms with E-state index in [-0.39, 0.29) is 0 Å². The molecule has 0 bridgehead atoms. The molecule has 2 heteroatoms. The van der Waals surface area contributed by atoms with Crippen LogP contribution in [0.3, 0.4) is 0 Å². The number of nitrogens with zero attached hydrogens (tertiary/aromatic N) is 2. The summed E-state index contributed by atoms with van der Waals surface area (Å²) in [6.07, 6.45) is 5.00. The second kappa shape index (κ2) is 2.40. The highest BCUT2D eigenvalue weighted by Crippen LogP contribution is 2.05. The third kappa shape index (κ3) is 1.35. The molecule has 0 amide bonds. The van der Waals surface area contributed by atoms with E-state index in [9.17, 15) is 0 Å². The molecule has 0 atom stereocenters. The largest absolute Gasteiger partial charge is 0.244 e. The van der Waals surface area contributed by atoms with Gasteiger partial charge in [0.05, 0.1) is 0 Å². The quantitative estimate of drug-likeness (QED) is 0.561. The second-order valence-corrected chi connectivity index (χ2v) is 1.91. The lowest BCUT2D eigenvalue weighted by atomic mass is 10.2. The zero-order chi connectivity index (χ0) is 6.69. The maximum Gasteiger partial charge on any atom is 0.115 e. The Bertz CT molecular complexity index is 203. The Balaban J connectivity index is 2.98. The summed E-state index contributed by atoms with van der Waals surface area (Å²) in [5.41, 5.74) is 1.99. The molecule has 0 aromatic carbocycles. The van der Waals surface area contributed by atoms with Crippen LogP contribution in [0.25, 0.3) is 5.57 Å². The summed E-state index contributed by atoms with van der Waals surface area (Å²) in [7, 11) is 0. The number of allylic oxidation sites excluding steroid dienone is 1. The average molecular weight is 120 g/mol. The third-order valence-corrected chi connectivity index (χ3v) is 1.05. The van der Waals surface area contributed by atoms with Crippen molar-refractivity contribution in [3.63, 3.8) is 0 Å². The Hall–Kier alpha value is -1.18. The fraction of sp³-hybridized carbons (Fsp3) is 0.143. The smallest absolute Gasteiger partial charge is 0.115 e. The predicted octanol–water partition coefficient (Wildman–Crippen LogP) is 1.51. The van der Waals surface area contributed by atoms with Gasteiger partial charge >= 0.3 is 0 Å². The van der Waals surface area contributed by atoms with E-state index in [1.165, 1.54) is 6.33 Å². The van der Waals surface area contributed by atoms with Crippen molar-refractivity contribution in [2.75, 3.05) is 0 Å². The predicted molar refractivity (Wildman–Crippen MR) is 36.7 cm³/mol. The van der Waals surface area contributed by atoms with Crippen molar-refractivity contribution in [1.82, 2.24) is 9.97 Å². The van der Waals surface area contributed by atoms with Gasteiger partial charge in [0.15, 0.2) is 0 Å². The molecule has 46 valence electrons. The van der Waals surface area contributed by atoms with E-state index in [0.717, 1.165) is 11.1 Å². The van der Waals surface area contributed by atoms with Crippen molar-refractivity contribution >= 4 is 5.57 Å². The lowest BCUT2D eigenvalue weighted by Gasteiger charge is -1.93. The van der Waals surface area contributed by atoms with Crippen molar-refractivity contribution < 1.29 is 0 Å². The molecule has 0 aliphatic rings. The van der Waals surface area contributed by atoms with Crippen LogP contribution in [0.4, 0.5) is 0 Å². The summed E-state index contributed by atoms with van der Waals surface area (Å²) >= 11 is 0. The van der Waals surface area contributed by atoms with Gasteiger partial charge in [-0.2, -0.15) is 0 Å². The minimum absolute atomic E-state index is 0.996. The van der Waals surface area contributed by atoms with Crippen molar-refractivity contribution in [2.24, 2.45) is 0 Å². The molecule has 0 saturated carbocycles. The summed E-state index contributed by atoms with van der Waals surface area (Å²) in [6, 6.07) is 0. The minimum Gasteiger partial charge on any atom is -0.244 e. The number of hydrogen-bond donors (Lipinski definition) is 0. The van der Waals surface area contributed by atoms with Gasteiger partial charge in [-0.3, -0.25) is 0 Å². The van der Waals surface area contributed by atoms with Gasteiger partial charge < -0.3 is 0 Å². The molecule has 1 heterocycles. The van der Waals surface area contributed by atoms with E-state index in [2.05, 4.69) is 16.5 Å². The van der Waals surface area contributed by atoms with Gasteiger partial charge in [0, 0.05) is 18.0 Å². The van der Waals surface area contributed by atoms with E-state index in [4.69, 9.17) is 0 Å². The van der Waals surface area contributed by atoms with E-state index in [1.807, 2.05) is 6.92 Å². The number of aromatic nitrogens is 2. The molecule has 1 aromatic heterocycles. The fourth-order valence-corrected chi connectivity index (χ4v) is 0.519. The van der Waals surface area contributed by atoms with Crippen LogP contribution < -0.4 is 0 Å². The zero-order valence-corrected chi connectivity index (χ0v) is 5.33. The summed E-state index contributed by atoms with van der Waals surface area (Å²) in [5, 5.41) is 0. The average Bonchev–Trinajstić information content (AvgIpc) is 1.90. The van der Waals surface area contributed by atoms with Crippen molar-refractivity contribution in [2.45, 2.75) is 6.92 Å². The number of rotatable bonds is 1. The summed E-state index contributed by atoms with van der Waals surface area (Å²) in [5.74, 6) is 0. The first kappa shape index (κ1) is 5.95. The Kier molecular flexibility index (Phi) is 1.58. The summed E-state index contributed by atoms with van der Waals surface area (Å²) in [6.45, 7) is 5.67. The molecule has 0 N–H and O–H groups in total. The first-order valence-corrected chi connectivity index (χ1v) is 2.71. The van der Waals surface area contributed by atoms with E-state index < -0.39 is 0 Å². The maximum atomic E-state index is 3.83. The molecule has 0 saturated heterocycles. The normalized spacial score (nSPS) is 9.00. The van der Waals surface area contributed by atoms with Crippen molar-refractivity contribution in [3.8, 4) is 0 Å². The monoisotopic (exact) mass is 120 g/mol. The van der Waals surface area contributed by atoms with E-state index >= 15 is 0 Å². The molecule has 0 fully saturated rings. The van der Waals surface area contributed by atoms with Crippen LogP contribution in [0.15, 0.2) is 25.3 Å². The van der Waals surface area contributed by atoms with Crippen LogP contribution >= 0.6 is 0 Å².